The number of fused-ring (bicyclic) bond motifs is 1. The number of imidazole rings is 1. The number of carbonyl (C=O) groups is 1. The van der Waals surface area contributed by atoms with Crippen LogP contribution in [0.5, 0.6) is 5.75 Å². The van der Waals surface area contributed by atoms with Gasteiger partial charge >= 0.3 is 5.97 Å². The Labute approximate surface area is 124 Å². The van der Waals surface area contributed by atoms with Crippen molar-refractivity contribution in [2.75, 3.05) is 21.2 Å². The molecule has 0 amide bonds. The van der Waals surface area contributed by atoms with E-state index >= 15 is 0 Å². The predicted molar refractivity (Wildman–Crippen MR) is 80.6 cm³/mol. The van der Waals surface area contributed by atoms with Crippen molar-refractivity contribution in [3.63, 3.8) is 0 Å². The molecule has 1 heterocycles. The third-order valence-electron chi connectivity index (χ3n) is 3.41. The number of carboxylic acids is 1. The molecule has 0 saturated carbocycles. The molecular formula is C15H21N3O3. The molecule has 1 N–H and O–H groups in total. The van der Waals surface area contributed by atoms with E-state index in [4.69, 9.17) is 4.74 Å². The molecule has 2 rings (SSSR count). The molecule has 1 atom stereocenters. The van der Waals surface area contributed by atoms with Crippen LogP contribution < -0.4 is 4.74 Å². The zero-order valence-corrected chi connectivity index (χ0v) is 12.8. The molecule has 0 aliphatic heterocycles. The van der Waals surface area contributed by atoms with Crippen LogP contribution in [0.3, 0.4) is 0 Å². The van der Waals surface area contributed by atoms with E-state index in [-0.39, 0.29) is 0 Å². The van der Waals surface area contributed by atoms with Gasteiger partial charge in [0.15, 0.2) is 0 Å². The highest BCUT2D eigenvalue weighted by molar-refractivity contribution is 5.81. The summed E-state index contributed by atoms with van der Waals surface area (Å²) in [5, 5.41) is 9.48. The van der Waals surface area contributed by atoms with Crippen LogP contribution in [-0.2, 0) is 11.3 Å². The maximum Gasteiger partial charge on any atom is 0.326 e. The molecule has 6 nitrogen and oxygen atoms in total. The van der Waals surface area contributed by atoms with Gasteiger partial charge in [0.05, 0.1) is 24.7 Å². The number of rotatable bonds is 6. The molecule has 2 aromatic rings. The first-order valence-corrected chi connectivity index (χ1v) is 6.90. The highest BCUT2D eigenvalue weighted by Crippen LogP contribution is 2.27. The van der Waals surface area contributed by atoms with E-state index in [1.165, 1.54) is 0 Å². The number of aromatic nitrogens is 2. The van der Waals surface area contributed by atoms with Gasteiger partial charge in [0, 0.05) is 6.07 Å². The number of aliphatic carboxylic acids is 1. The number of carboxylic acid groups (broad SMARTS) is 1. The van der Waals surface area contributed by atoms with Gasteiger partial charge in [-0.05, 0) is 32.6 Å². The molecule has 0 radical (unpaired) electrons. The molecule has 0 aliphatic rings. The molecule has 114 valence electrons. The predicted octanol–water partition coefficient (Wildman–Crippen LogP) is 2.14. The second-order valence-corrected chi connectivity index (χ2v) is 5.25. The summed E-state index contributed by atoms with van der Waals surface area (Å²) in [6.07, 6.45) is 0.507. The maximum absolute atomic E-state index is 11.5. The molecule has 21 heavy (non-hydrogen) atoms. The number of ether oxygens (including phenoxy) is 1. The minimum absolute atomic E-state index is 0.507. The van der Waals surface area contributed by atoms with Crippen LogP contribution in [0.1, 0.15) is 25.2 Å². The van der Waals surface area contributed by atoms with Crippen molar-refractivity contribution >= 4 is 17.0 Å². The van der Waals surface area contributed by atoms with Gasteiger partial charge in [0.2, 0.25) is 0 Å². The van der Waals surface area contributed by atoms with E-state index in [0.717, 1.165) is 16.9 Å². The molecule has 1 aromatic heterocycles. The van der Waals surface area contributed by atoms with Crippen LogP contribution in [-0.4, -0.2) is 46.7 Å². The summed E-state index contributed by atoms with van der Waals surface area (Å²) in [6, 6.07) is 4.92. The summed E-state index contributed by atoms with van der Waals surface area (Å²) in [4.78, 5) is 18.1. The molecule has 0 bridgehead atoms. The quantitative estimate of drug-likeness (QED) is 0.883. The van der Waals surface area contributed by atoms with E-state index in [2.05, 4.69) is 4.98 Å². The van der Waals surface area contributed by atoms with Crippen LogP contribution >= 0.6 is 0 Å². The number of methoxy groups -OCH3 is 1. The van der Waals surface area contributed by atoms with Crippen LogP contribution in [0.4, 0.5) is 0 Å². The monoisotopic (exact) mass is 291 g/mol. The lowest BCUT2D eigenvalue weighted by atomic mass is 10.2. The van der Waals surface area contributed by atoms with Gasteiger partial charge < -0.3 is 19.3 Å². The third-order valence-corrected chi connectivity index (χ3v) is 3.41. The SMILES string of the molecule is CCC(C(=O)O)n1c(CN(C)C)nc2cc(OC)ccc21. The van der Waals surface area contributed by atoms with Gasteiger partial charge in [-0.3, -0.25) is 0 Å². The van der Waals surface area contributed by atoms with Gasteiger partial charge in [-0.1, -0.05) is 6.92 Å². The Hall–Kier alpha value is -2.08. The summed E-state index contributed by atoms with van der Waals surface area (Å²) < 4.78 is 7.03. The molecule has 6 heteroatoms. The van der Waals surface area contributed by atoms with Gasteiger partial charge in [-0.15, -0.1) is 0 Å². The maximum atomic E-state index is 11.5. The van der Waals surface area contributed by atoms with Crippen LogP contribution in [0.25, 0.3) is 11.0 Å². The van der Waals surface area contributed by atoms with E-state index in [1.54, 1.807) is 7.11 Å². The van der Waals surface area contributed by atoms with E-state index in [9.17, 15) is 9.90 Å². The number of benzene rings is 1. The Morgan fingerprint density at radius 1 is 1.48 bits per heavy atom. The average molecular weight is 291 g/mol. The second-order valence-electron chi connectivity index (χ2n) is 5.25. The number of hydrogen-bond donors (Lipinski definition) is 1. The van der Waals surface area contributed by atoms with Gasteiger partial charge in [-0.25, -0.2) is 9.78 Å². The minimum Gasteiger partial charge on any atom is -0.497 e. The normalized spacial score (nSPS) is 12.8. The average Bonchev–Trinajstić information content (AvgIpc) is 2.76. The highest BCUT2D eigenvalue weighted by atomic mass is 16.5. The lowest BCUT2D eigenvalue weighted by molar-refractivity contribution is -0.141. The fourth-order valence-electron chi connectivity index (χ4n) is 2.47. The van der Waals surface area contributed by atoms with Crippen molar-refractivity contribution in [3.8, 4) is 5.75 Å². The Kier molecular flexibility index (Phi) is 4.47. The van der Waals surface area contributed by atoms with E-state index < -0.39 is 12.0 Å². The minimum atomic E-state index is -0.840. The number of hydrogen-bond acceptors (Lipinski definition) is 4. The first kappa shape index (κ1) is 15.3. The fourth-order valence-corrected chi connectivity index (χ4v) is 2.47. The molecule has 0 spiro atoms. The summed E-state index contributed by atoms with van der Waals surface area (Å²) in [7, 11) is 5.48. The third kappa shape index (κ3) is 3.00. The Balaban J connectivity index is 2.65. The first-order chi connectivity index (χ1) is 9.97. The van der Waals surface area contributed by atoms with Gasteiger partial charge in [0.1, 0.15) is 17.6 Å². The topological polar surface area (TPSA) is 67.6 Å². The first-order valence-electron chi connectivity index (χ1n) is 6.90. The van der Waals surface area contributed by atoms with Crippen LogP contribution in [0.2, 0.25) is 0 Å². The van der Waals surface area contributed by atoms with Crippen molar-refractivity contribution in [1.29, 1.82) is 0 Å². The Morgan fingerprint density at radius 2 is 2.19 bits per heavy atom. The Bertz CT molecular complexity index is 649. The van der Waals surface area contributed by atoms with Crippen molar-refractivity contribution in [3.05, 3.63) is 24.0 Å². The largest absolute Gasteiger partial charge is 0.497 e. The summed E-state index contributed by atoms with van der Waals surface area (Å²) >= 11 is 0. The summed E-state index contributed by atoms with van der Waals surface area (Å²) in [5.41, 5.74) is 1.58. The van der Waals surface area contributed by atoms with E-state index in [0.29, 0.717) is 18.7 Å². The highest BCUT2D eigenvalue weighted by Gasteiger charge is 2.23. The summed E-state index contributed by atoms with van der Waals surface area (Å²) in [6.45, 7) is 2.45. The van der Waals surface area contributed by atoms with Crippen LogP contribution in [0.15, 0.2) is 18.2 Å². The zero-order chi connectivity index (χ0) is 15.6. The lowest BCUT2D eigenvalue weighted by Gasteiger charge is -2.18. The van der Waals surface area contributed by atoms with E-state index in [1.807, 2.05) is 48.7 Å². The van der Waals surface area contributed by atoms with Crippen molar-refractivity contribution < 1.29 is 14.6 Å². The Morgan fingerprint density at radius 3 is 2.71 bits per heavy atom. The standard InChI is InChI=1S/C15H21N3O3/c1-5-12(15(19)20)18-13-7-6-10(21-4)8-11(13)16-14(18)9-17(2)3/h6-8,12H,5,9H2,1-4H3,(H,19,20). The van der Waals surface area contributed by atoms with Crippen molar-refractivity contribution in [2.24, 2.45) is 0 Å². The molecular weight excluding hydrogens is 270 g/mol. The van der Waals surface area contributed by atoms with Gasteiger partial charge in [-0.2, -0.15) is 0 Å². The molecule has 1 aromatic carbocycles. The lowest BCUT2D eigenvalue weighted by Crippen LogP contribution is -2.23. The summed E-state index contributed by atoms with van der Waals surface area (Å²) in [5.74, 6) is 0.622. The van der Waals surface area contributed by atoms with Gasteiger partial charge in [0.25, 0.3) is 0 Å². The molecule has 0 saturated heterocycles. The molecule has 1 unspecified atom stereocenters. The van der Waals surface area contributed by atoms with Crippen molar-refractivity contribution in [2.45, 2.75) is 25.9 Å². The van der Waals surface area contributed by atoms with Crippen molar-refractivity contribution in [1.82, 2.24) is 14.5 Å². The smallest absolute Gasteiger partial charge is 0.326 e. The molecule has 0 aliphatic carbocycles. The fraction of sp³-hybridized carbons (Fsp3) is 0.467. The zero-order valence-electron chi connectivity index (χ0n) is 12.8. The second kappa shape index (κ2) is 6.13. The molecule has 0 fully saturated rings. The number of nitrogens with zero attached hydrogens (tertiary/aromatic N) is 3. The van der Waals surface area contributed by atoms with Crippen LogP contribution in [0, 0.1) is 0 Å².